The lowest BCUT2D eigenvalue weighted by Gasteiger charge is -2.49. The molecular weight excluding hydrogens is 567 g/mol. The number of nitrogens with one attached hydrogen (secondary N) is 1. The van der Waals surface area contributed by atoms with Crippen molar-refractivity contribution in [2.24, 2.45) is 5.41 Å². The second kappa shape index (κ2) is 10.2. The number of aromatic nitrogens is 2. The number of anilines is 3. The summed E-state index contributed by atoms with van der Waals surface area (Å²) in [5, 5.41) is 24.7. The largest absolute Gasteiger partial charge is 0.463 e. The predicted octanol–water partition coefficient (Wildman–Crippen LogP) is 2.72. The molecule has 2 aromatic rings. The molecule has 12 heteroatoms. The average Bonchev–Trinajstić information content (AvgIpc) is 3.35. The molecule has 2 aromatic heterocycles. The fourth-order valence-electron chi connectivity index (χ4n) is 7.96. The van der Waals surface area contributed by atoms with E-state index in [1.165, 1.54) is 29.2 Å². The molecule has 42 heavy (non-hydrogen) atoms. The minimum Gasteiger partial charge on any atom is -0.463 e. The van der Waals surface area contributed by atoms with Crippen LogP contribution in [-0.2, 0) is 11.8 Å². The molecule has 10 nitrogen and oxygen atoms in total. The van der Waals surface area contributed by atoms with E-state index in [9.17, 15) is 10.5 Å². The second-order valence-corrected chi connectivity index (χ2v) is 15.6. The van der Waals surface area contributed by atoms with Crippen LogP contribution in [0.3, 0.4) is 0 Å². The van der Waals surface area contributed by atoms with E-state index in [1.54, 1.807) is 11.3 Å². The number of fused-ring (bicyclic) bond motifs is 4. The maximum Gasteiger partial charge on any atom is 0.320 e. The maximum atomic E-state index is 10.5. The summed E-state index contributed by atoms with van der Waals surface area (Å²) in [6, 6.07) is 6.09. The Hall–Kier alpha value is -2.77. The third-order valence-electron chi connectivity index (χ3n) is 10.4. The molecular formula is C30H37N9OS2. The molecule has 4 saturated heterocycles. The number of nitrogen functional groups attached to an aromatic ring is 1. The molecule has 2 bridgehead atoms. The highest BCUT2D eigenvalue weighted by atomic mass is 32.2. The zero-order valence-corrected chi connectivity index (χ0v) is 25.5. The lowest BCUT2D eigenvalue weighted by Crippen LogP contribution is -2.59. The van der Waals surface area contributed by atoms with Gasteiger partial charge in [0.15, 0.2) is 11.6 Å². The number of ether oxygens (including phenoxy) is 1. The first-order chi connectivity index (χ1) is 20.5. The summed E-state index contributed by atoms with van der Waals surface area (Å²) in [5.41, 5.74) is 8.63. The van der Waals surface area contributed by atoms with Gasteiger partial charge in [-0.3, -0.25) is 0 Å². The Morgan fingerprint density at radius 2 is 1.67 bits per heavy atom. The van der Waals surface area contributed by atoms with E-state index in [0.717, 1.165) is 77.1 Å². The minimum absolute atomic E-state index is 0.105. The van der Waals surface area contributed by atoms with Gasteiger partial charge in [-0.25, -0.2) is 0 Å². The van der Waals surface area contributed by atoms with Crippen molar-refractivity contribution in [3.05, 3.63) is 21.6 Å². The van der Waals surface area contributed by atoms with Crippen LogP contribution < -0.4 is 25.6 Å². The minimum atomic E-state index is -0.105. The number of hydrogen-bond acceptors (Lipinski definition) is 12. The molecule has 4 aliphatic heterocycles. The van der Waals surface area contributed by atoms with Crippen molar-refractivity contribution in [2.45, 2.75) is 56.0 Å². The fourth-order valence-corrected chi connectivity index (χ4v) is 10.1. The van der Waals surface area contributed by atoms with Crippen LogP contribution in [0.1, 0.15) is 53.7 Å². The highest BCUT2D eigenvalue weighted by Crippen LogP contribution is 2.53. The van der Waals surface area contributed by atoms with Gasteiger partial charge in [0.1, 0.15) is 22.7 Å². The third-order valence-corrected chi connectivity index (χ3v) is 12.4. The molecule has 6 heterocycles. The van der Waals surface area contributed by atoms with Crippen LogP contribution in [0.15, 0.2) is 0 Å². The van der Waals surface area contributed by atoms with Crippen molar-refractivity contribution in [1.29, 1.82) is 10.5 Å². The Bertz CT molecular complexity index is 1470. The molecule has 6 aliphatic rings. The van der Waals surface area contributed by atoms with Gasteiger partial charge in [-0.2, -0.15) is 32.3 Å². The van der Waals surface area contributed by atoms with E-state index >= 15 is 0 Å². The van der Waals surface area contributed by atoms with Gasteiger partial charge < -0.3 is 30.5 Å². The number of rotatable bonds is 7. The van der Waals surface area contributed by atoms with Crippen LogP contribution in [0.5, 0.6) is 6.01 Å². The van der Waals surface area contributed by atoms with E-state index in [-0.39, 0.29) is 10.8 Å². The van der Waals surface area contributed by atoms with E-state index in [0.29, 0.717) is 52.5 Å². The Labute approximate surface area is 255 Å². The van der Waals surface area contributed by atoms with Crippen LogP contribution >= 0.6 is 23.1 Å². The average molecular weight is 604 g/mol. The second-order valence-electron chi connectivity index (χ2n) is 13.2. The molecule has 0 amide bonds. The number of hydrogen-bond donors (Lipinski definition) is 2. The predicted molar refractivity (Wildman–Crippen MR) is 165 cm³/mol. The number of thioether (sulfide) groups is 1. The zero-order chi connectivity index (χ0) is 28.5. The van der Waals surface area contributed by atoms with Gasteiger partial charge in [-0.1, -0.05) is 0 Å². The van der Waals surface area contributed by atoms with Crippen LogP contribution in [0.4, 0.5) is 16.6 Å². The Morgan fingerprint density at radius 1 is 0.976 bits per heavy atom. The molecule has 0 radical (unpaired) electrons. The smallest absolute Gasteiger partial charge is 0.320 e. The fraction of sp³-hybridized carbons (Fsp3) is 0.667. The number of nitriles is 2. The molecule has 1 spiro atoms. The van der Waals surface area contributed by atoms with Crippen LogP contribution in [0.25, 0.3) is 0 Å². The maximum absolute atomic E-state index is 10.5. The van der Waals surface area contributed by atoms with E-state index in [4.69, 9.17) is 20.4 Å². The Morgan fingerprint density at radius 3 is 2.33 bits per heavy atom. The number of nitrogens with zero attached hydrogens (tertiary/aromatic N) is 7. The number of aryl methyl sites for hydroxylation is 1. The van der Waals surface area contributed by atoms with Crippen LogP contribution in [0, 0.1) is 28.1 Å². The molecule has 1 unspecified atom stereocenters. The van der Waals surface area contributed by atoms with Crippen LogP contribution in [-0.4, -0.2) is 90.9 Å². The number of piperazine rings is 1. The van der Waals surface area contributed by atoms with Crippen molar-refractivity contribution < 1.29 is 4.74 Å². The summed E-state index contributed by atoms with van der Waals surface area (Å²) < 4.78 is 6.46. The third kappa shape index (κ3) is 4.50. The van der Waals surface area contributed by atoms with Gasteiger partial charge in [0, 0.05) is 85.1 Å². The lowest BCUT2D eigenvalue weighted by atomic mass is 9.74. The van der Waals surface area contributed by atoms with Gasteiger partial charge in [0.25, 0.3) is 0 Å². The molecule has 2 atom stereocenters. The van der Waals surface area contributed by atoms with Gasteiger partial charge in [0.2, 0.25) is 0 Å². The van der Waals surface area contributed by atoms with Gasteiger partial charge in [-0.05, 0) is 44.1 Å². The summed E-state index contributed by atoms with van der Waals surface area (Å²) >= 11 is 3.61. The van der Waals surface area contributed by atoms with Gasteiger partial charge in [0.05, 0.1) is 12.2 Å². The van der Waals surface area contributed by atoms with Crippen molar-refractivity contribution in [3.63, 3.8) is 0 Å². The van der Waals surface area contributed by atoms with Gasteiger partial charge >= 0.3 is 6.01 Å². The highest BCUT2D eigenvalue weighted by Gasteiger charge is 2.52. The zero-order valence-electron chi connectivity index (χ0n) is 23.9. The summed E-state index contributed by atoms with van der Waals surface area (Å²) in [6.45, 7) is 7.12. The Kier molecular flexibility index (Phi) is 6.49. The van der Waals surface area contributed by atoms with Crippen LogP contribution in [0.2, 0.25) is 0 Å². The topological polar surface area (TPSA) is 130 Å². The first-order valence-electron chi connectivity index (χ1n) is 15.3. The Balaban J connectivity index is 1.09. The molecule has 5 fully saturated rings. The van der Waals surface area contributed by atoms with E-state index in [1.807, 2.05) is 11.8 Å². The van der Waals surface area contributed by atoms with Crippen molar-refractivity contribution in [1.82, 2.24) is 20.2 Å². The molecule has 3 N–H and O–H groups in total. The molecule has 2 aliphatic carbocycles. The first kappa shape index (κ1) is 26.8. The van der Waals surface area contributed by atoms with Gasteiger partial charge in [-0.15, -0.1) is 11.3 Å². The normalized spacial score (nSPS) is 26.9. The number of thiophene rings is 1. The quantitative estimate of drug-likeness (QED) is 0.484. The van der Waals surface area contributed by atoms with E-state index in [2.05, 4.69) is 32.2 Å². The van der Waals surface area contributed by atoms with Crippen molar-refractivity contribution in [3.8, 4) is 18.1 Å². The van der Waals surface area contributed by atoms with Crippen molar-refractivity contribution >= 4 is 39.7 Å². The molecule has 0 aromatic carbocycles. The summed E-state index contributed by atoms with van der Waals surface area (Å²) in [4.78, 5) is 18.2. The monoisotopic (exact) mass is 603 g/mol. The summed E-state index contributed by atoms with van der Waals surface area (Å²) in [5.74, 6) is 3.80. The lowest BCUT2D eigenvalue weighted by molar-refractivity contribution is 0.161. The van der Waals surface area contributed by atoms with Crippen molar-refractivity contribution in [2.75, 3.05) is 79.5 Å². The summed E-state index contributed by atoms with van der Waals surface area (Å²) in [7, 11) is 0. The molecule has 8 rings (SSSR count). The first-order valence-corrected chi connectivity index (χ1v) is 17.3. The van der Waals surface area contributed by atoms with E-state index < -0.39 is 0 Å². The summed E-state index contributed by atoms with van der Waals surface area (Å²) in [6.07, 6.45) is 6.62. The SMILES string of the molecule is N#Cc1c(N2CC3CC[C@@H](C2)N3)nc(OCC2(CN3CCSCC3)CC2)nc1N1CC2(CCc3sc(N)c(C#N)c32)C1. The molecule has 1 saturated carbocycles. The molecule has 220 valence electrons. The standard InChI is InChI=1S/C30H37N9OS2/c31-11-21-24-23(42-25(21)33)3-4-30(24)16-39(17-30)27-22(12-32)26(38-13-19-1-2-20(14-38)34-19)35-28(36-27)40-18-29(5-6-29)15-37-7-9-41-10-8-37/h19-20,34H,1-10,13-18,33H2/t19-,20?/m0/s1. The highest BCUT2D eigenvalue weighted by molar-refractivity contribution is 7.99. The number of nitrogens with two attached hydrogens (primary N) is 1.